The third-order valence-electron chi connectivity index (χ3n) is 4.18. The Kier molecular flexibility index (Phi) is 5.03. The molecule has 0 atom stereocenters. The predicted octanol–water partition coefficient (Wildman–Crippen LogP) is 3.08. The zero-order chi connectivity index (χ0) is 14.5. The third kappa shape index (κ3) is 3.32. The molecular weight excluding hydrogens is 246 g/mol. The number of anilines is 1. The van der Waals surface area contributed by atoms with Crippen molar-refractivity contribution in [1.29, 1.82) is 5.26 Å². The van der Waals surface area contributed by atoms with Crippen molar-refractivity contribution < 1.29 is 0 Å². The Bertz CT molecular complexity index is 481. The van der Waals surface area contributed by atoms with Gasteiger partial charge in [-0.1, -0.05) is 12.1 Å². The molecular formula is C17H25N3. The Morgan fingerprint density at radius 1 is 1.35 bits per heavy atom. The lowest BCUT2D eigenvalue weighted by Gasteiger charge is -2.36. The van der Waals surface area contributed by atoms with Crippen molar-refractivity contribution in [2.75, 3.05) is 24.5 Å². The van der Waals surface area contributed by atoms with Gasteiger partial charge in [-0.3, -0.25) is 0 Å². The summed E-state index contributed by atoms with van der Waals surface area (Å²) in [6.07, 6.45) is 2.47. The lowest BCUT2D eigenvalue weighted by Crippen LogP contribution is -2.40. The van der Waals surface area contributed by atoms with Gasteiger partial charge < -0.3 is 10.2 Å². The molecule has 0 unspecified atom stereocenters. The highest BCUT2D eigenvalue weighted by molar-refractivity contribution is 5.64. The molecule has 0 bridgehead atoms. The first kappa shape index (κ1) is 14.9. The highest BCUT2D eigenvalue weighted by Crippen LogP contribution is 2.28. The van der Waals surface area contributed by atoms with Gasteiger partial charge in [0.1, 0.15) is 6.07 Å². The predicted molar refractivity (Wildman–Crippen MR) is 84.0 cm³/mol. The Morgan fingerprint density at radius 3 is 2.65 bits per heavy atom. The van der Waals surface area contributed by atoms with Crippen LogP contribution >= 0.6 is 0 Å². The number of aryl methyl sites for hydroxylation is 1. The van der Waals surface area contributed by atoms with Crippen LogP contribution < -0.4 is 10.2 Å². The van der Waals surface area contributed by atoms with Gasteiger partial charge in [-0.25, -0.2) is 0 Å². The van der Waals surface area contributed by atoms with E-state index >= 15 is 0 Å². The van der Waals surface area contributed by atoms with E-state index in [1.165, 1.54) is 18.4 Å². The largest absolute Gasteiger partial charge is 0.368 e. The molecule has 1 aliphatic rings. The van der Waals surface area contributed by atoms with Gasteiger partial charge in [-0.15, -0.1) is 0 Å². The monoisotopic (exact) mass is 271 g/mol. The standard InChI is InChI=1S/C17H25N3/c1-13(2)20(12-15-7-9-19-10-8-15)17-14(3)5-4-6-16(17)11-18/h4-6,13,15,19H,7-10,12H2,1-3H3. The van der Waals surface area contributed by atoms with E-state index < -0.39 is 0 Å². The Balaban J connectivity index is 2.26. The van der Waals surface area contributed by atoms with Crippen LogP contribution in [0.2, 0.25) is 0 Å². The maximum absolute atomic E-state index is 9.39. The molecule has 1 heterocycles. The molecule has 20 heavy (non-hydrogen) atoms. The molecule has 0 aliphatic carbocycles. The number of hydrogen-bond acceptors (Lipinski definition) is 3. The van der Waals surface area contributed by atoms with Crippen molar-refractivity contribution >= 4 is 5.69 Å². The topological polar surface area (TPSA) is 39.1 Å². The molecule has 1 aliphatic heterocycles. The minimum absolute atomic E-state index is 0.415. The Hall–Kier alpha value is -1.53. The lowest BCUT2D eigenvalue weighted by atomic mass is 9.95. The lowest BCUT2D eigenvalue weighted by molar-refractivity contribution is 0.367. The number of nitrogens with one attached hydrogen (secondary N) is 1. The van der Waals surface area contributed by atoms with Crippen molar-refractivity contribution in [1.82, 2.24) is 5.32 Å². The fourth-order valence-corrected chi connectivity index (χ4v) is 3.03. The van der Waals surface area contributed by atoms with Crippen molar-refractivity contribution in [3.63, 3.8) is 0 Å². The highest BCUT2D eigenvalue weighted by Gasteiger charge is 2.22. The summed E-state index contributed by atoms with van der Waals surface area (Å²) in [5, 5.41) is 12.8. The highest BCUT2D eigenvalue weighted by atomic mass is 15.2. The van der Waals surface area contributed by atoms with Gasteiger partial charge in [-0.05, 0) is 64.3 Å². The fraction of sp³-hybridized carbons (Fsp3) is 0.588. The Morgan fingerprint density at radius 2 is 2.05 bits per heavy atom. The fourth-order valence-electron chi connectivity index (χ4n) is 3.03. The van der Waals surface area contributed by atoms with E-state index in [1.54, 1.807) is 0 Å². The van der Waals surface area contributed by atoms with E-state index in [1.807, 2.05) is 12.1 Å². The number of benzene rings is 1. The van der Waals surface area contributed by atoms with Crippen LogP contribution in [0.3, 0.4) is 0 Å². The van der Waals surface area contributed by atoms with Crippen LogP contribution in [0.1, 0.15) is 37.8 Å². The van der Waals surface area contributed by atoms with E-state index in [9.17, 15) is 5.26 Å². The second-order valence-electron chi connectivity index (χ2n) is 6.02. The summed E-state index contributed by atoms with van der Waals surface area (Å²) in [6, 6.07) is 8.78. The van der Waals surface area contributed by atoms with Crippen LogP contribution in [-0.4, -0.2) is 25.7 Å². The van der Waals surface area contributed by atoms with Crippen LogP contribution in [0.5, 0.6) is 0 Å². The van der Waals surface area contributed by atoms with Crippen LogP contribution in [0.15, 0.2) is 18.2 Å². The summed E-state index contributed by atoms with van der Waals surface area (Å²) in [4.78, 5) is 2.42. The van der Waals surface area contributed by atoms with Crippen molar-refractivity contribution in [3.05, 3.63) is 29.3 Å². The Labute approximate surface area is 122 Å². The number of para-hydroxylation sites is 1. The van der Waals surface area contributed by atoms with E-state index in [2.05, 4.69) is 43.1 Å². The first-order valence-corrected chi connectivity index (χ1v) is 7.60. The van der Waals surface area contributed by atoms with Crippen LogP contribution in [0, 0.1) is 24.2 Å². The second-order valence-corrected chi connectivity index (χ2v) is 6.02. The molecule has 1 aromatic carbocycles. The van der Waals surface area contributed by atoms with Gasteiger partial charge in [0.15, 0.2) is 0 Å². The molecule has 0 radical (unpaired) electrons. The summed E-state index contributed by atoms with van der Waals surface area (Å²) in [5.74, 6) is 0.727. The first-order valence-electron chi connectivity index (χ1n) is 7.60. The van der Waals surface area contributed by atoms with Gasteiger partial charge in [0.05, 0.1) is 11.3 Å². The molecule has 3 heteroatoms. The second kappa shape index (κ2) is 6.76. The van der Waals surface area contributed by atoms with Gasteiger partial charge in [0.25, 0.3) is 0 Å². The van der Waals surface area contributed by atoms with Gasteiger partial charge in [0, 0.05) is 12.6 Å². The number of nitriles is 1. The van der Waals surface area contributed by atoms with Crippen molar-refractivity contribution in [2.24, 2.45) is 5.92 Å². The molecule has 0 amide bonds. The normalized spacial score (nSPS) is 16.1. The quantitative estimate of drug-likeness (QED) is 0.914. The molecule has 1 N–H and O–H groups in total. The molecule has 108 valence electrons. The zero-order valence-corrected chi connectivity index (χ0v) is 12.8. The van der Waals surface area contributed by atoms with Crippen LogP contribution in [0.4, 0.5) is 5.69 Å². The first-order chi connectivity index (χ1) is 9.63. The molecule has 0 spiro atoms. The van der Waals surface area contributed by atoms with Gasteiger partial charge in [0.2, 0.25) is 0 Å². The van der Waals surface area contributed by atoms with Crippen LogP contribution in [-0.2, 0) is 0 Å². The average molecular weight is 271 g/mol. The van der Waals surface area contributed by atoms with Crippen molar-refractivity contribution in [3.8, 4) is 6.07 Å². The number of piperidine rings is 1. The molecule has 3 nitrogen and oxygen atoms in total. The third-order valence-corrected chi connectivity index (χ3v) is 4.18. The zero-order valence-electron chi connectivity index (χ0n) is 12.8. The summed E-state index contributed by atoms with van der Waals surface area (Å²) in [7, 11) is 0. The van der Waals surface area contributed by atoms with Gasteiger partial charge >= 0.3 is 0 Å². The SMILES string of the molecule is Cc1cccc(C#N)c1N(CC1CCNCC1)C(C)C. The minimum atomic E-state index is 0.415. The van der Waals surface area contributed by atoms with Crippen molar-refractivity contribution in [2.45, 2.75) is 39.7 Å². The maximum atomic E-state index is 9.39. The van der Waals surface area contributed by atoms with E-state index in [4.69, 9.17) is 0 Å². The van der Waals surface area contributed by atoms with E-state index in [0.717, 1.165) is 36.8 Å². The minimum Gasteiger partial charge on any atom is -0.368 e. The molecule has 1 fully saturated rings. The summed E-state index contributed by atoms with van der Waals surface area (Å²) in [6.45, 7) is 9.83. The molecule has 1 saturated heterocycles. The number of rotatable bonds is 4. The summed E-state index contributed by atoms with van der Waals surface area (Å²) >= 11 is 0. The number of hydrogen-bond donors (Lipinski definition) is 1. The van der Waals surface area contributed by atoms with Gasteiger partial charge in [-0.2, -0.15) is 5.26 Å². The number of nitrogens with zero attached hydrogens (tertiary/aromatic N) is 2. The van der Waals surface area contributed by atoms with Crippen LogP contribution in [0.25, 0.3) is 0 Å². The van der Waals surface area contributed by atoms with E-state index in [-0.39, 0.29) is 0 Å². The van der Waals surface area contributed by atoms with E-state index in [0.29, 0.717) is 6.04 Å². The smallest absolute Gasteiger partial charge is 0.101 e. The summed E-state index contributed by atoms with van der Waals surface area (Å²) in [5.41, 5.74) is 3.13. The average Bonchev–Trinajstić information content (AvgIpc) is 2.46. The summed E-state index contributed by atoms with van der Waals surface area (Å²) < 4.78 is 0. The molecule has 0 aromatic heterocycles. The molecule has 1 aromatic rings. The maximum Gasteiger partial charge on any atom is 0.101 e. The molecule has 2 rings (SSSR count). The molecule has 0 saturated carbocycles.